The topological polar surface area (TPSA) is 76.4 Å². The van der Waals surface area contributed by atoms with Gasteiger partial charge in [0.05, 0.1) is 12.5 Å². The first-order valence-corrected chi connectivity index (χ1v) is 8.91. The number of benzene rings is 1. The Morgan fingerprint density at radius 3 is 2.38 bits per heavy atom. The minimum atomic E-state index is -0.208. The normalized spacial score (nSPS) is 17.5. The minimum absolute atomic E-state index is 0. The van der Waals surface area contributed by atoms with Gasteiger partial charge in [0.25, 0.3) is 0 Å². The third-order valence-corrected chi connectivity index (χ3v) is 5.02. The maximum absolute atomic E-state index is 12.2. The lowest BCUT2D eigenvalue weighted by atomic mass is 9.94. The van der Waals surface area contributed by atoms with Crippen molar-refractivity contribution >= 4 is 30.7 Å². The van der Waals surface area contributed by atoms with Gasteiger partial charge in [-0.05, 0) is 25.3 Å². The standard InChI is InChI=1S/C19H31N3O2.2ClH/c1-15(16-8-4-3-5-9-16)22-19(10-6-7-11-19)14-21-18(23)12-17(13-20)24-2;;/h3-5,8-9,15,17,22H,6-7,10-14,20H2,1-2H3,(H,21,23);2*1H. The molecule has 0 aliphatic heterocycles. The van der Waals surface area contributed by atoms with Gasteiger partial charge in [-0.15, -0.1) is 24.8 Å². The number of ether oxygens (including phenoxy) is 1. The SMILES string of the molecule is COC(CN)CC(=O)NCC1(NC(C)c2ccccc2)CCCC1.Cl.Cl. The molecule has 1 amide bonds. The van der Waals surface area contributed by atoms with E-state index in [-0.39, 0.29) is 48.4 Å². The smallest absolute Gasteiger partial charge is 0.222 e. The first-order valence-electron chi connectivity index (χ1n) is 8.91. The average molecular weight is 406 g/mol. The lowest BCUT2D eigenvalue weighted by Gasteiger charge is -2.34. The molecule has 1 aromatic rings. The van der Waals surface area contributed by atoms with Crippen LogP contribution in [0.3, 0.4) is 0 Å². The van der Waals surface area contributed by atoms with E-state index < -0.39 is 0 Å². The maximum atomic E-state index is 12.2. The first-order chi connectivity index (χ1) is 11.6. The molecule has 2 unspecified atom stereocenters. The Bertz CT molecular complexity index is 507. The lowest BCUT2D eigenvalue weighted by molar-refractivity contribution is -0.123. The molecule has 0 saturated heterocycles. The van der Waals surface area contributed by atoms with Crippen LogP contribution < -0.4 is 16.4 Å². The number of halogens is 2. The van der Waals surface area contributed by atoms with Crippen LogP contribution in [0.2, 0.25) is 0 Å². The molecule has 1 saturated carbocycles. The second-order valence-corrected chi connectivity index (χ2v) is 6.84. The summed E-state index contributed by atoms with van der Waals surface area (Å²) in [6, 6.07) is 10.7. The molecule has 2 rings (SSSR count). The fourth-order valence-corrected chi connectivity index (χ4v) is 3.52. The predicted molar refractivity (Wildman–Crippen MR) is 111 cm³/mol. The number of hydrogen-bond acceptors (Lipinski definition) is 4. The van der Waals surface area contributed by atoms with Crippen molar-refractivity contribution in [3.05, 3.63) is 35.9 Å². The van der Waals surface area contributed by atoms with Crippen molar-refractivity contribution < 1.29 is 9.53 Å². The highest BCUT2D eigenvalue weighted by Crippen LogP contribution is 2.31. The van der Waals surface area contributed by atoms with Gasteiger partial charge in [-0.25, -0.2) is 0 Å². The van der Waals surface area contributed by atoms with Gasteiger partial charge in [0.1, 0.15) is 0 Å². The van der Waals surface area contributed by atoms with Crippen molar-refractivity contribution in [1.29, 1.82) is 0 Å². The van der Waals surface area contributed by atoms with Gasteiger partial charge in [-0.2, -0.15) is 0 Å². The zero-order valence-electron chi connectivity index (χ0n) is 15.7. The number of nitrogens with one attached hydrogen (secondary N) is 2. The monoisotopic (exact) mass is 405 g/mol. The molecule has 0 bridgehead atoms. The van der Waals surface area contributed by atoms with Gasteiger partial charge in [-0.3, -0.25) is 4.79 Å². The predicted octanol–water partition coefficient (Wildman–Crippen LogP) is 2.97. The van der Waals surface area contributed by atoms with E-state index in [9.17, 15) is 4.79 Å². The summed E-state index contributed by atoms with van der Waals surface area (Å²) < 4.78 is 5.19. The van der Waals surface area contributed by atoms with Crippen molar-refractivity contribution in [2.45, 2.75) is 56.7 Å². The lowest BCUT2D eigenvalue weighted by Crippen LogP contribution is -2.52. The van der Waals surface area contributed by atoms with Gasteiger partial charge in [0.2, 0.25) is 5.91 Å². The van der Waals surface area contributed by atoms with E-state index in [0.29, 0.717) is 19.5 Å². The number of nitrogens with two attached hydrogens (primary N) is 1. The molecule has 1 fully saturated rings. The maximum Gasteiger partial charge on any atom is 0.222 e. The number of carbonyl (C=O) groups is 1. The number of methoxy groups -OCH3 is 1. The van der Waals surface area contributed by atoms with Crippen LogP contribution in [0.25, 0.3) is 0 Å². The molecular weight excluding hydrogens is 373 g/mol. The number of rotatable bonds is 9. The molecule has 1 aromatic carbocycles. The molecule has 26 heavy (non-hydrogen) atoms. The number of hydrogen-bond donors (Lipinski definition) is 3. The Kier molecular flexibility index (Phi) is 12.1. The van der Waals surface area contributed by atoms with Crippen LogP contribution in [0.1, 0.15) is 50.6 Å². The zero-order chi connectivity index (χ0) is 17.4. The van der Waals surface area contributed by atoms with Crippen LogP contribution in [0, 0.1) is 0 Å². The van der Waals surface area contributed by atoms with Crippen LogP contribution in [-0.4, -0.2) is 37.7 Å². The zero-order valence-corrected chi connectivity index (χ0v) is 17.3. The average Bonchev–Trinajstić information content (AvgIpc) is 3.07. The van der Waals surface area contributed by atoms with E-state index in [1.54, 1.807) is 7.11 Å². The quantitative estimate of drug-likeness (QED) is 0.589. The van der Waals surface area contributed by atoms with E-state index in [1.807, 2.05) is 6.07 Å². The third kappa shape index (κ3) is 7.41. The molecule has 0 aromatic heterocycles. The molecule has 1 aliphatic rings. The molecule has 0 spiro atoms. The van der Waals surface area contributed by atoms with Gasteiger partial charge >= 0.3 is 0 Å². The van der Waals surface area contributed by atoms with E-state index in [2.05, 4.69) is 41.8 Å². The third-order valence-electron chi connectivity index (χ3n) is 5.02. The molecular formula is C19H33Cl2N3O2. The van der Waals surface area contributed by atoms with Crippen LogP contribution >= 0.6 is 24.8 Å². The van der Waals surface area contributed by atoms with Crippen molar-refractivity contribution in [3.8, 4) is 0 Å². The van der Waals surface area contributed by atoms with Crippen molar-refractivity contribution in [3.63, 3.8) is 0 Å². The summed E-state index contributed by atoms with van der Waals surface area (Å²) in [5.41, 5.74) is 6.85. The Labute approximate surface area is 169 Å². The molecule has 150 valence electrons. The van der Waals surface area contributed by atoms with E-state index in [1.165, 1.54) is 18.4 Å². The van der Waals surface area contributed by atoms with E-state index in [4.69, 9.17) is 10.5 Å². The molecule has 0 radical (unpaired) electrons. The molecule has 1 aliphatic carbocycles. The van der Waals surface area contributed by atoms with Crippen molar-refractivity contribution in [1.82, 2.24) is 10.6 Å². The van der Waals surface area contributed by atoms with Crippen molar-refractivity contribution in [2.75, 3.05) is 20.2 Å². The molecule has 5 nitrogen and oxygen atoms in total. The molecule has 7 heteroatoms. The summed E-state index contributed by atoms with van der Waals surface area (Å²) in [6.07, 6.45) is 4.70. The Hall–Kier alpha value is -0.850. The van der Waals surface area contributed by atoms with Crippen molar-refractivity contribution in [2.24, 2.45) is 5.73 Å². The summed E-state index contributed by atoms with van der Waals surface area (Å²) in [6.45, 7) is 3.20. The summed E-state index contributed by atoms with van der Waals surface area (Å²) in [5.74, 6) is 0.00717. The molecule has 2 atom stereocenters. The second kappa shape index (κ2) is 12.5. The molecule has 0 heterocycles. The Morgan fingerprint density at radius 2 is 1.85 bits per heavy atom. The highest BCUT2D eigenvalue weighted by molar-refractivity contribution is 5.85. The number of amides is 1. The first kappa shape index (κ1) is 25.1. The second-order valence-electron chi connectivity index (χ2n) is 6.84. The van der Waals surface area contributed by atoms with Crippen LogP contribution in [0.15, 0.2) is 30.3 Å². The van der Waals surface area contributed by atoms with Crippen LogP contribution in [0.4, 0.5) is 0 Å². The Balaban J connectivity index is 0.00000312. The fourth-order valence-electron chi connectivity index (χ4n) is 3.52. The minimum Gasteiger partial charge on any atom is -0.380 e. The van der Waals surface area contributed by atoms with E-state index >= 15 is 0 Å². The Morgan fingerprint density at radius 1 is 1.23 bits per heavy atom. The fraction of sp³-hybridized carbons (Fsp3) is 0.632. The van der Waals surface area contributed by atoms with Gasteiger partial charge in [-0.1, -0.05) is 43.2 Å². The summed E-state index contributed by atoms with van der Waals surface area (Å²) in [4.78, 5) is 12.2. The van der Waals surface area contributed by atoms with Crippen LogP contribution in [-0.2, 0) is 9.53 Å². The summed E-state index contributed by atoms with van der Waals surface area (Å²) >= 11 is 0. The largest absolute Gasteiger partial charge is 0.380 e. The highest BCUT2D eigenvalue weighted by atomic mass is 35.5. The molecule has 4 N–H and O–H groups in total. The summed E-state index contributed by atoms with van der Waals surface area (Å²) in [7, 11) is 1.59. The highest BCUT2D eigenvalue weighted by Gasteiger charge is 2.35. The van der Waals surface area contributed by atoms with Gasteiger partial charge in [0.15, 0.2) is 0 Å². The number of carbonyl (C=O) groups excluding carboxylic acids is 1. The van der Waals surface area contributed by atoms with Gasteiger partial charge < -0.3 is 21.1 Å². The van der Waals surface area contributed by atoms with Crippen LogP contribution in [0.5, 0.6) is 0 Å². The summed E-state index contributed by atoms with van der Waals surface area (Å²) in [5, 5.41) is 6.86. The van der Waals surface area contributed by atoms with E-state index in [0.717, 1.165) is 12.8 Å². The van der Waals surface area contributed by atoms with Gasteiger partial charge in [0, 0.05) is 31.8 Å².